The van der Waals surface area contributed by atoms with Gasteiger partial charge in [0.25, 0.3) is 0 Å². The van der Waals surface area contributed by atoms with E-state index in [-0.39, 0.29) is 76.2 Å². The van der Waals surface area contributed by atoms with Crippen molar-refractivity contribution in [3.8, 4) is 56.6 Å². The molecule has 0 saturated heterocycles. The summed E-state index contributed by atoms with van der Waals surface area (Å²) in [4.78, 5) is 2.49. The number of hydrogen-bond donors (Lipinski definition) is 2. The Kier molecular flexibility index (Phi) is 21.9. The van der Waals surface area contributed by atoms with Crippen LogP contribution in [0.4, 0.5) is 8.78 Å². The molecule has 0 aliphatic heterocycles. The summed E-state index contributed by atoms with van der Waals surface area (Å²) in [5.41, 5.74) is 11.3. The molecule has 12 aromatic rings. The normalized spacial score (nSPS) is 12.6. The molecule has 0 aliphatic carbocycles. The molecule has 10 aromatic carbocycles. The van der Waals surface area contributed by atoms with Crippen LogP contribution >= 0.6 is 10.0 Å². The predicted molar refractivity (Wildman–Crippen MR) is 423 cm³/mol. The van der Waals surface area contributed by atoms with E-state index in [9.17, 15) is 10.2 Å². The van der Waals surface area contributed by atoms with Crippen molar-refractivity contribution in [3.05, 3.63) is 242 Å². The van der Waals surface area contributed by atoms with E-state index in [2.05, 4.69) is 263 Å². The van der Waals surface area contributed by atoms with Crippen LogP contribution in [0.15, 0.2) is 192 Å². The number of halogens is 2. The fourth-order valence-corrected chi connectivity index (χ4v) is 19.9. The van der Waals surface area contributed by atoms with Gasteiger partial charge in [-0.1, -0.05) is 184 Å². The van der Waals surface area contributed by atoms with E-state index in [4.69, 9.17) is 9.47 Å². The maximum Gasteiger partial charge on any atom is 0.147 e. The summed E-state index contributed by atoms with van der Waals surface area (Å²) >= 11 is 0. The van der Waals surface area contributed by atoms with Crippen molar-refractivity contribution in [2.75, 3.05) is 25.7 Å². The number of aromatic hydroxyl groups is 2. The molecule has 0 unspecified atom stereocenters. The summed E-state index contributed by atoms with van der Waals surface area (Å²) in [5, 5.41) is 33.4. The molecule has 0 atom stereocenters. The number of fused-ring (bicyclic) bond motifs is 6. The van der Waals surface area contributed by atoms with Crippen molar-refractivity contribution in [1.82, 2.24) is 9.13 Å². The van der Waals surface area contributed by atoms with Gasteiger partial charge in [0.05, 0.1) is 46.7 Å². The zero-order chi connectivity index (χ0) is 69.6. The smallest absolute Gasteiger partial charge is 0.147 e. The molecule has 0 spiro atoms. The molecule has 2 heterocycles. The SMILES string of the molecule is Cc1ccc2c3ccc([Si](C)(C)c4ccccc4)cc3n(-c3cc(C(C)(C)CC(C)(C)C)cc(-c4cc(F)cc(C)c4OCCCOc4c(C)cc(F)cc4-c4cc(C(C)(C)CC(C)(C)C)cc(-n5c6cc(C)ccc6c6ccc(S(C)(C)c7ccccc7)cc65)c4O)c3O)c2c1.[CH3-].[CH3-].[Hf]. The Hall–Kier alpha value is -7.70. The van der Waals surface area contributed by atoms with Crippen LogP contribution in [0.5, 0.6) is 23.0 Å². The maximum absolute atomic E-state index is 16.4. The van der Waals surface area contributed by atoms with Gasteiger partial charge in [0.2, 0.25) is 0 Å². The second-order valence-electron chi connectivity index (χ2n) is 32.0. The van der Waals surface area contributed by atoms with Crippen LogP contribution in [-0.2, 0) is 36.7 Å². The molecular formula is C89H102F2HfN2O4SSi-2. The van der Waals surface area contributed by atoms with Gasteiger partial charge in [-0.15, -0.1) is 0 Å². The third kappa shape index (κ3) is 14.8. The van der Waals surface area contributed by atoms with Crippen molar-refractivity contribution >= 4 is 72.1 Å². The zero-order valence-corrected chi connectivity index (χ0v) is 68.0. The molecule has 100 heavy (non-hydrogen) atoms. The van der Waals surface area contributed by atoms with Gasteiger partial charge < -0.3 is 43.7 Å². The van der Waals surface area contributed by atoms with Crippen LogP contribution in [0.25, 0.3) is 77.2 Å². The third-order valence-corrected chi connectivity index (χ3v) is 26.4. The van der Waals surface area contributed by atoms with E-state index in [1.807, 2.05) is 26.0 Å². The summed E-state index contributed by atoms with van der Waals surface area (Å²) in [6.07, 6.45) is 6.71. The van der Waals surface area contributed by atoms with E-state index in [1.54, 1.807) is 0 Å². The van der Waals surface area contributed by atoms with Crippen LogP contribution < -0.4 is 19.8 Å². The van der Waals surface area contributed by atoms with Crippen LogP contribution in [0.3, 0.4) is 0 Å². The molecule has 0 bridgehead atoms. The third-order valence-electron chi connectivity index (χ3n) is 20.0. The summed E-state index contributed by atoms with van der Waals surface area (Å²) in [5.74, 6) is 0.0311. The van der Waals surface area contributed by atoms with Gasteiger partial charge in [-0.2, -0.15) is 10.0 Å². The number of benzene rings is 10. The summed E-state index contributed by atoms with van der Waals surface area (Å²) < 4.78 is 50.9. The van der Waals surface area contributed by atoms with Gasteiger partial charge in [0.1, 0.15) is 42.7 Å². The van der Waals surface area contributed by atoms with Gasteiger partial charge in [-0.3, -0.25) is 0 Å². The average molecular weight is 1540 g/mol. The Bertz CT molecular complexity index is 4720. The molecule has 0 saturated carbocycles. The van der Waals surface area contributed by atoms with E-state index < -0.39 is 40.6 Å². The minimum absolute atomic E-state index is 0. The minimum Gasteiger partial charge on any atom is -0.505 e. The van der Waals surface area contributed by atoms with E-state index in [0.717, 1.165) is 78.7 Å². The first-order chi connectivity index (χ1) is 45.6. The molecule has 0 fully saturated rings. The molecule has 0 aliphatic rings. The fraction of sp³-hybridized carbons (Fsp3) is 0.303. The zero-order valence-electron chi connectivity index (χ0n) is 62.6. The van der Waals surface area contributed by atoms with Crippen molar-refractivity contribution < 1.29 is 54.3 Å². The van der Waals surface area contributed by atoms with Crippen molar-refractivity contribution in [3.63, 3.8) is 0 Å². The van der Waals surface area contributed by atoms with E-state index in [1.165, 1.54) is 44.4 Å². The Labute approximate surface area is 615 Å². The van der Waals surface area contributed by atoms with E-state index in [0.29, 0.717) is 62.7 Å². The topological polar surface area (TPSA) is 68.8 Å². The molecule has 2 aromatic heterocycles. The van der Waals surface area contributed by atoms with Crippen molar-refractivity contribution in [2.45, 2.75) is 150 Å². The molecule has 2 N–H and O–H groups in total. The number of phenols is 2. The molecule has 0 radical (unpaired) electrons. The number of nitrogens with zero attached hydrogens (tertiary/aromatic N) is 2. The van der Waals surface area contributed by atoms with Gasteiger partial charge in [0.15, 0.2) is 0 Å². The van der Waals surface area contributed by atoms with Crippen LogP contribution in [0.2, 0.25) is 13.1 Å². The van der Waals surface area contributed by atoms with Crippen LogP contribution in [0.1, 0.15) is 122 Å². The Morgan fingerprint density at radius 3 is 1.25 bits per heavy atom. The van der Waals surface area contributed by atoms with Crippen LogP contribution in [-0.4, -0.2) is 53.1 Å². The second kappa shape index (κ2) is 28.6. The molecule has 0 amide bonds. The number of aromatic nitrogens is 2. The number of hydrogen-bond acceptors (Lipinski definition) is 4. The van der Waals surface area contributed by atoms with E-state index >= 15 is 8.78 Å². The summed E-state index contributed by atoms with van der Waals surface area (Å²) in [6.45, 7) is 35.5. The molecule has 522 valence electrons. The van der Waals surface area contributed by atoms with Gasteiger partial charge in [-0.25, -0.2) is 8.78 Å². The number of aryl methyl sites for hydroxylation is 4. The maximum atomic E-state index is 16.4. The Morgan fingerprint density at radius 2 is 0.820 bits per heavy atom. The van der Waals surface area contributed by atoms with Gasteiger partial charge in [-0.05, 0) is 209 Å². The molecule has 6 nitrogen and oxygen atoms in total. The van der Waals surface area contributed by atoms with Gasteiger partial charge >= 0.3 is 0 Å². The second-order valence-corrected chi connectivity index (χ2v) is 40.0. The first kappa shape index (κ1) is 76.5. The van der Waals surface area contributed by atoms with Gasteiger partial charge in [0, 0.05) is 76.1 Å². The van der Waals surface area contributed by atoms with Crippen molar-refractivity contribution in [2.24, 2.45) is 10.8 Å². The fourth-order valence-electron chi connectivity index (χ4n) is 15.7. The number of phenolic OH excluding ortho intramolecular Hbond substituents is 2. The first-order valence-electron chi connectivity index (χ1n) is 34.2. The number of rotatable bonds is 18. The Morgan fingerprint density at radius 1 is 0.430 bits per heavy atom. The standard InChI is InChI=1S/C87H96F2N2O4SSi.2CH3.Hf/c1-54-30-34-66-68-36-32-63(96(15,16)62-26-21-19-22-27-62)50-76(68)90(74(66)40-54)78-46-58(86(11,12)52-84(5,6)7)44-70(80(78)92)72-48-60(88)42-56(3)82(72)94-38-25-39-95-83-57(4)43-61(89)49-73(83)71-45-59(87(13,14)53-85(8,9)10)47-79(81(71)93)91-75-41-55(2)31-35-67(75)69-37-33-65(51-77(69)91)97(17,18)64-28-23-20-24-29-64;;;/h19-24,26-37,40-51,92-93H,25,38-39,52-53H2,1-18H3;2*1H3;/q;2*-1;. The summed E-state index contributed by atoms with van der Waals surface area (Å²) in [6, 6.07) is 62.5. The van der Waals surface area contributed by atoms with Crippen LogP contribution in [0, 0.1) is 65.0 Å². The predicted octanol–water partition coefficient (Wildman–Crippen LogP) is 23.6. The first-order valence-corrected chi connectivity index (χ1v) is 39.6. The van der Waals surface area contributed by atoms with Crippen molar-refractivity contribution in [1.29, 1.82) is 0 Å². The average Bonchev–Trinajstić information content (AvgIpc) is 1.53. The number of ether oxygens (including phenoxy) is 2. The molecule has 12 rings (SSSR count). The summed E-state index contributed by atoms with van der Waals surface area (Å²) in [7, 11) is -3.68. The molecule has 11 heteroatoms. The Balaban J connectivity index is 0.00000389. The largest absolute Gasteiger partial charge is 0.505 e. The monoisotopic (exact) mass is 1540 g/mol. The molecular weight excluding hydrogens is 1440 g/mol. The quantitative estimate of drug-likeness (QED) is 0.0510. The minimum atomic E-state index is -2.21.